The van der Waals surface area contributed by atoms with Crippen LogP contribution in [0, 0.1) is 0 Å². The summed E-state index contributed by atoms with van der Waals surface area (Å²) in [6.07, 6.45) is 73.6. The van der Waals surface area contributed by atoms with E-state index in [2.05, 4.69) is 130 Å². The van der Waals surface area contributed by atoms with E-state index in [0.717, 1.165) is 116 Å². The van der Waals surface area contributed by atoms with Crippen LogP contribution in [0.2, 0.25) is 0 Å². The van der Waals surface area contributed by atoms with Crippen molar-refractivity contribution in [3.05, 3.63) is 109 Å². The van der Waals surface area contributed by atoms with Crippen molar-refractivity contribution in [2.45, 2.75) is 245 Å². The molecule has 0 aliphatic heterocycles. The maximum absolute atomic E-state index is 12.8. The maximum atomic E-state index is 12.8. The van der Waals surface area contributed by atoms with Gasteiger partial charge >= 0.3 is 17.9 Å². The van der Waals surface area contributed by atoms with Gasteiger partial charge in [0.2, 0.25) is 0 Å². The van der Waals surface area contributed by atoms with Gasteiger partial charge in [-0.15, -0.1) is 0 Å². The first-order chi connectivity index (χ1) is 33.0. The zero-order valence-electron chi connectivity index (χ0n) is 43.4. The summed E-state index contributed by atoms with van der Waals surface area (Å²) < 4.78 is 16.8. The molecule has 0 aliphatic rings. The molecule has 67 heavy (non-hydrogen) atoms. The Labute approximate surface area is 412 Å². The standard InChI is InChI=1S/C61H100O6/c1-4-7-10-13-16-19-22-25-28-30-33-36-39-42-45-48-51-54-60(63)66-57-58(56-65-59(62)53-50-47-44-41-38-35-32-27-24-21-18-15-12-9-6-3)67-61(64)55-52-49-46-43-40-37-34-31-29-26-23-20-17-14-11-8-5-2/h8,11,16-21,25-29,32,34,37,43,46,58H,4-7,9-10,12-15,22-24,30-31,33,35-36,38-42,44-45,47-57H2,1-3H3/b11-8-,19-16-,20-17-,21-18-,28-25-,29-26-,32-27-,37-34-,46-43-/t58-/m0/s1. The number of rotatable bonds is 48. The Morgan fingerprint density at radius 1 is 0.313 bits per heavy atom. The average molecular weight is 929 g/mol. The van der Waals surface area contributed by atoms with Gasteiger partial charge in [-0.05, 0) is 122 Å². The van der Waals surface area contributed by atoms with Gasteiger partial charge in [-0.1, -0.05) is 207 Å². The van der Waals surface area contributed by atoms with Crippen molar-refractivity contribution < 1.29 is 28.6 Å². The summed E-state index contributed by atoms with van der Waals surface area (Å²) in [5.41, 5.74) is 0. The second-order valence-corrected chi connectivity index (χ2v) is 17.7. The Bertz CT molecular complexity index is 1390. The molecule has 1 atom stereocenters. The van der Waals surface area contributed by atoms with E-state index in [0.29, 0.717) is 19.3 Å². The fourth-order valence-corrected chi connectivity index (χ4v) is 7.13. The van der Waals surface area contributed by atoms with Crippen molar-refractivity contribution in [1.82, 2.24) is 0 Å². The van der Waals surface area contributed by atoms with Gasteiger partial charge in [0.1, 0.15) is 13.2 Å². The summed E-state index contributed by atoms with van der Waals surface area (Å²) in [6.45, 7) is 6.40. The monoisotopic (exact) mass is 929 g/mol. The first kappa shape index (κ1) is 63.1. The van der Waals surface area contributed by atoms with Crippen molar-refractivity contribution in [1.29, 1.82) is 0 Å². The lowest BCUT2D eigenvalue weighted by atomic mass is 10.1. The third-order valence-electron chi connectivity index (χ3n) is 11.2. The molecule has 0 fully saturated rings. The smallest absolute Gasteiger partial charge is 0.306 e. The molecule has 380 valence electrons. The molecular weight excluding hydrogens is 829 g/mol. The minimum absolute atomic E-state index is 0.111. The fraction of sp³-hybridized carbons (Fsp3) is 0.656. The minimum Gasteiger partial charge on any atom is -0.462 e. The second kappa shape index (κ2) is 54.7. The van der Waals surface area contributed by atoms with Gasteiger partial charge in [0.25, 0.3) is 0 Å². The third kappa shape index (κ3) is 52.9. The van der Waals surface area contributed by atoms with E-state index in [-0.39, 0.29) is 37.5 Å². The largest absolute Gasteiger partial charge is 0.462 e. The predicted octanol–water partition coefficient (Wildman–Crippen LogP) is 18.3. The lowest BCUT2D eigenvalue weighted by Gasteiger charge is -2.18. The molecule has 0 spiro atoms. The lowest BCUT2D eigenvalue weighted by molar-refractivity contribution is -0.167. The highest BCUT2D eigenvalue weighted by molar-refractivity contribution is 5.71. The molecule has 0 heterocycles. The highest BCUT2D eigenvalue weighted by atomic mass is 16.6. The molecule has 0 aromatic carbocycles. The Morgan fingerprint density at radius 2 is 0.597 bits per heavy atom. The summed E-state index contributed by atoms with van der Waals surface area (Å²) in [4.78, 5) is 38.1. The van der Waals surface area contributed by atoms with Gasteiger partial charge in [0.05, 0.1) is 0 Å². The molecule has 0 amide bonds. The molecule has 0 unspecified atom stereocenters. The van der Waals surface area contributed by atoms with E-state index in [1.54, 1.807) is 0 Å². The molecule has 0 radical (unpaired) electrons. The predicted molar refractivity (Wildman–Crippen MR) is 288 cm³/mol. The summed E-state index contributed by atoms with van der Waals surface area (Å²) in [7, 11) is 0. The maximum Gasteiger partial charge on any atom is 0.306 e. The fourth-order valence-electron chi connectivity index (χ4n) is 7.13. The van der Waals surface area contributed by atoms with Crippen LogP contribution in [-0.4, -0.2) is 37.2 Å². The van der Waals surface area contributed by atoms with Crippen LogP contribution in [0.4, 0.5) is 0 Å². The zero-order chi connectivity index (χ0) is 48.6. The number of unbranched alkanes of at least 4 members (excludes halogenated alkanes) is 19. The SMILES string of the molecule is CC/C=C\C/C=C\C/C=C\C/C=C\C/C=C\CCCC(=O)O[C@@H](COC(=O)CCCCCCC/C=C\C/C=C\CCCCC)COC(=O)CCCCCCCCC/C=C\C/C=C\CCCCC. The number of carbonyl (C=O) groups is 3. The van der Waals surface area contributed by atoms with Crippen molar-refractivity contribution in [3.8, 4) is 0 Å². The van der Waals surface area contributed by atoms with Gasteiger partial charge < -0.3 is 14.2 Å². The van der Waals surface area contributed by atoms with E-state index in [9.17, 15) is 14.4 Å². The number of ether oxygens (including phenoxy) is 3. The molecular formula is C61H100O6. The Hall–Kier alpha value is -3.93. The number of allylic oxidation sites excluding steroid dienone is 18. The second-order valence-electron chi connectivity index (χ2n) is 17.7. The van der Waals surface area contributed by atoms with Crippen LogP contribution in [0.15, 0.2) is 109 Å². The van der Waals surface area contributed by atoms with Gasteiger partial charge in [-0.2, -0.15) is 0 Å². The Morgan fingerprint density at radius 3 is 0.955 bits per heavy atom. The molecule has 0 rings (SSSR count). The third-order valence-corrected chi connectivity index (χ3v) is 11.2. The highest BCUT2D eigenvalue weighted by Gasteiger charge is 2.19. The first-order valence-corrected chi connectivity index (χ1v) is 27.4. The summed E-state index contributed by atoms with van der Waals surface area (Å²) in [5.74, 6) is -0.994. The number of hydrogen-bond donors (Lipinski definition) is 0. The molecule has 0 bridgehead atoms. The average Bonchev–Trinajstić information content (AvgIpc) is 3.33. The number of esters is 3. The summed E-state index contributed by atoms with van der Waals surface area (Å²) >= 11 is 0. The van der Waals surface area contributed by atoms with E-state index >= 15 is 0 Å². The van der Waals surface area contributed by atoms with E-state index in [4.69, 9.17) is 14.2 Å². The molecule has 0 saturated carbocycles. The van der Waals surface area contributed by atoms with Crippen molar-refractivity contribution >= 4 is 17.9 Å². The molecule has 6 nitrogen and oxygen atoms in total. The molecule has 0 aromatic rings. The van der Waals surface area contributed by atoms with E-state index in [1.165, 1.54) is 77.0 Å². The molecule has 0 aromatic heterocycles. The quantitative estimate of drug-likeness (QED) is 0.0262. The van der Waals surface area contributed by atoms with Crippen LogP contribution in [-0.2, 0) is 28.6 Å². The van der Waals surface area contributed by atoms with Crippen LogP contribution >= 0.6 is 0 Å². The molecule has 6 heteroatoms. The van der Waals surface area contributed by atoms with E-state index in [1.807, 2.05) is 0 Å². The van der Waals surface area contributed by atoms with Gasteiger partial charge in [0.15, 0.2) is 6.10 Å². The van der Waals surface area contributed by atoms with Gasteiger partial charge in [-0.3, -0.25) is 14.4 Å². The van der Waals surface area contributed by atoms with Crippen molar-refractivity contribution in [2.24, 2.45) is 0 Å². The summed E-state index contributed by atoms with van der Waals surface area (Å²) in [5, 5.41) is 0. The van der Waals surface area contributed by atoms with Crippen molar-refractivity contribution in [2.75, 3.05) is 13.2 Å². The van der Waals surface area contributed by atoms with E-state index < -0.39 is 6.10 Å². The highest BCUT2D eigenvalue weighted by Crippen LogP contribution is 2.13. The first-order valence-electron chi connectivity index (χ1n) is 27.4. The van der Waals surface area contributed by atoms with Gasteiger partial charge in [0, 0.05) is 19.3 Å². The van der Waals surface area contributed by atoms with Crippen LogP contribution in [0.25, 0.3) is 0 Å². The zero-order valence-corrected chi connectivity index (χ0v) is 43.4. The molecule has 0 aliphatic carbocycles. The van der Waals surface area contributed by atoms with Crippen molar-refractivity contribution in [3.63, 3.8) is 0 Å². The van der Waals surface area contributed by atoms with Gasteiger partial charge in [-0.25, -0.2) is 0 Å². The number of hydrogen-bond acceptors (Lipinski definition) is 6. The number of carbonyl (C=O) groups excluding carboxylic acids is 3. The Kier molecular flexibility index (Phi) is 51.5. The summed E-state index contributed by atoms with van der Waals surface area (Å²) in [6, 6.07) is 0. The normalized spacial score (nSPS) is 12.9. The molecule has 0 saturated heterocycles. The van der Waals surface area contributed by atoms with Crippen LogP contribution in [0.1, 0.15) is 239 Å². The minimum atomic E-state index is -0.819. The Balaban J connectivity index is 4.53. The van der Waals surface area contributed by atoms with Crippen LogP contribution in [0.3, 0.4) is 0 Å². The topological polar surface area (TPSA) is 78.9 Å². The van der Waals surface area contributed by atoms with Crippen LogP contribution in [0.5, 0.6) is 0 Å². The lowest BCUT2D eigenvalue weighted by Crippen LogP contribution is -2.30. The molecule has 0 N–H and O–H groups in total. The van der Waals surface area contributed by atoms with Crippen LogP contribution < -0.4 is 0 Å².